The van der Waals surface area contributed by atoms with Crippen LogP contribution in [0.25, 0.3) is 0 Å². The molecule has 0 aliphatic rings. The van der Waals surface area contributed by atoms with Crippen molar-refractivity contribution >= 4 is 5.97 Å². The van der Waals surface area contributed by atoms with Gasteiger partial charge in [-0.3, -0.25) is 0 Å². The first-order chi connectivity index (χ1) is 4.16. The molecule has 3 heteroatoms. The van der Waals surface area contributed by atoms with Crippen LogP contribution in [-0.4, -0.2) is 16.2 Å². The van der Waals surface area contributed by atoms with E-state index in [0.717, 1.165) is 6.08 Å². The zero-order chi connectivity index (χ0) is 7.28. The molecular formula is C6H8O3. The Kier molecular flexibility index (Phi) is 3.20. The number of rotatable bonds is 2. The van der Waals surface area contributed by atoms with E-state index in [0.29, 0.717) is 0 Å². The number of hydrogen-bond acceptors (Lipinski definition) is 2. The normalized spacial score (nSPS) is 12.3. The number of aliphatic hydroxyl groups excluding tert-OH is 1. The van der Waals surface area contributed by atoms with Gasteiger partial charge in [-0.1, -0.05) is 6.08 Å². The molecule has 0 aromatic rings. The molecule has 0 heterocycles. The van der Waals surface area contributed by atoms with E-state index in [1.807, 2.05) is 0 Å². The average molecular weight is 128 g/mol. The van der Waals surface area contributed by atoms with Crippen molar-refractivity contribution in [3.05, 3.63) is 24.0 Å². The highest BCUT2D eigenvalue weighted by atomic mass is 16.4. The van der Waals surface area contributed by atoms with Gasteiger partial charge in [0.1, 0.15) is 5.76 Å². The second-order valence-electron chi connectivity index (χ2n) is 1.41. The second-order valence-corrected chi connectivity index (χ2v) is 1.41. The van der Waals surface area contributed by atoms with E-state index in [1.165, 1.54) is 6.08 Å². The van der Waals surface area contributed by atoms with E-state index < -0.39 is 5.97 Å². The number of hydrogen-bond donors (Lipinski definition) is 2. The van der Waals surface area contributed by atoms with E-state index in [2.05, 4.69) is 0 Å². The third-order valence-electron chi connectivity index (χ3n) is 0.609. The average Bonchev–Trinajstić information content (AvgIpc) is 1.63. The van der Waals surface area contributed by atoms with E-state index in [-0.39, 0.29) is 5.76 Å². The van der Waals surface area contributed by atoms with Crippen LogP contribution >= 0.6 is 0 Å². The van der Waals surface area contributed by atoms with Gasteiger partial charge >= 0.3 is 5.97 Å². The van der Waals surface area contributed by atoms with Gasteiger partial charge in [0.15, 0.2) is 0 Å². The summed E-state index contributed by atoms with van der Waals surface area (Å²) in [4.78, 5) is 9.81. The summed E-state index contributed by atoms with van der Waals surface area (Å²) in [5, 5.41) is 16.7. The predicted molar refractivity (Wildman–Crippen MR) is 33.2 cm³/mol. The van der Waals surface area contributed by atoms with Gasteiger partial charge in [-0.25, -0.2) is 4.79 Å². The number of carbonyl (C=O) groups is 1. The standard InChI is InChI=1S/C6H8O3/c1-2-3-5(7)4-6(8)9/h2-4,7H,1H3,(H,8,9). The Morgan fingerprint density at radius 2 is 2.00 bits per heavy atom. The van der Waals surface area contributed by atoms with Crippen molar-refractivity contribution in [3.63, 3.8) is 0 Å². The Morgan fingerprint density at radius 1 is 1.44 bits per heavy atom. The Labute approximate surface area is 52.9 Å². The topological polar surface area (TPSA) is 57.5 Å². The summed E-state index contributed by atoms with van der Waals surface area (Å²) in [6.07, 6.45) is 3.57. The van der Waals surface area contributed by atoms with Crippen molar-refractivity contribution in [2.24, 2.45) is 0 Å². The zero-order valence-corrected chi connectivity index (χ0v) is 5.03. The van der Waals surface area contributed by atoms with Crippen LogP contribution in [0.1, 0.15) is 6.92 Å². The molecule has 0 fully saturated rings. The monoisotopic (exact) mass is 128 g/mol. The van der Waals surface area contributed by atoms with Crippen molar-refractivity contribution in [1.29, 1.82) is 0 Å². The van der Waals surface area contributed by atoms with Crippen molar-refractivity contribution in [1.82, 2.24) is 0 Å². The minimum atomic E-state index is -1.15. The smallest absolute Gasteiger partial charge is 0.332 e. The molecule has 0 aliphatic heterocycles. The molecule has 0 atom stereocenters. The van der Waals surface area contributed by atoms with Crippen LogP contribution in [0.3, 0.4) is 0 Å². The summed E-state index contributed by atoms with van der Waals surface area (Å²) < 4.78 is 0. The molecule has 3 nitrogen and oxygen atoms in total. The largest absolute Gasteiger partial charge is 0.508 e. The summed E-state index contributed by atoms with van der Waals surface area (Å²) in [6.45, 7) is 1.69. The van der Waals surface area contributed by atoms with Crippen LogP contribution in [-0.2, 0) is 4.79 Å². The highest BCUT2D eigenvalue weighted by molar-refractivity contribution is 5.80. The number of carboxylic acids is 1. The summed E-state index contributed by atoms with van der Waals surface area (Å²) >= 11 is 0. The van der Waals surface area contributed by atoms with E-state index in [4.69, 9.17) is 10.2 Å². The van der Waals surface area contributed by atoms with Gasteiger partial charge in [0.25, 0.3) is 0 Å². The van der Waals surface area contributed by atoms with Gasteiger partial charge in [-0.05, 0) is 13.0 Å². The molecule has 0 rings (SSSR count). The molecule has 0 amide bonds. The summed E-state index contributed by atoms with van der Waals surface area (Å²) in [5.41, 5.74) is 0. The van der Waals surface area contributed by atoms with Gasteiger partial charge < -0.3 is 10.2 Å². The first-order valence-electron chi connectivity index (χ1n) is 2.43. The highest BCUT2D eigenvalue weighted by Crippen LogP contribution is 1.88. The molecule has 0 bridgehead atoms. The van der Waals surface area contributed by atoms with Gasteiger partial charge in [0, 0.05) is 0 Å². The molecule has 0 aromatic heterocycles. The maximum Gasteiger partial charge on any atom is 0.332 e. The van der Waals surface area contributed by atoms with Crippen LogP contribution < -0.4 is 0 Å². The molecule has 0 spiro atoms. The maximum atomic E-state index is 9.81. The zero-order valence-electron chi connectivity index (χ0n) is 5.03. The van der Waals surface area contributed by atoms with E-state index in [9.17, 15) is 4.79 Å². The molecule has 0 unspecified atom stereocenters. The quantitative estimate of drug-likeness (QED) is 0.332. The lowest BCUT2D eigenvalue weighted by Crippen LogP contribution is -1.89. The van der Waals surface area contributed by atoms with Crippen molar-refractivity contribution in [2.75, 3.05) is 0 Å². The van der Waals surface area contributed by atoms with E-state index in [1.54, 1.807) is 13.0 Å². The van der Waals surface area contributed by atoms with Gasteiger partial charge in [-0.15, -0.1) is 0 Å². The van der Waals surface area contributed by atoms with E-state index >= 15 is 0 Å². The first kappa shape index (κ1) is 7.75. The molecule has 50 valence electrons. The Balaban J connectivity index is 4.00. The molecule has 0 aliphatic carbocycles. The van der Waals surface area contributed by atoms with Gasteiger partial charge in [0.05, 0.1) is 6.08 Å². The van der Waals surface area contributed by atoms with Crippen LogP contribution in [0.4, 0.5) is 0 Å². The van der Waals surface area contributed by atoms with Crippen LogP contribution in [0.2, 0.25) is 0 Å². The van der Waals surface area contributed by atoms with Crippen LogP contribution in [0.15, 0.2) is 24.0 Å². The fraction of sp³-hybridized carbons (Fsp3) is 0.167. The lowest BCUT2D eigenvalue weighted by molar-refractivity contribution is -0.131. The molecule has 0 saturated heterocycles. The highest BCUT2D eigenvalue weighted by Gasteiger charge is 1.89. The van der Waals surface area contributed by atoms with Crippen molar-refractivity contribution < 1.29 is 15.0 Å². The lowest BCUT2D eigenvalue weighted by Gasteiger charge is -1.84. The summed E-state index contributed by atoms with van der Waals surface area (Å²) in [6, 6.07) is 0. The third kappa shape index (κ3) is 4.61. The molecule has 9 heavy (non-hydrogen) atoms. The Morgan fingerprint density at radius 3 is 2.33 bits per heavy atom. The van der Waals surface area contributed by atoms with Crippen LogP contribution in [0, 0.1) is 0 Å². The number of carboxylic acid groups (broad SMARTS) is 1. The lowest BCUT2D eigenvalue weighted by atomic mass is 10.4. The number of allylic oxidation sites excluding steroid dienone is 2. The fourth-order valence-corrected chi connectivity index (χ4v) is 0.345. The second kappa shape index (κ2) is 3.72. The Hall–Kier alpha value is -1.25. The Bertz CT molecular complexity index is 156. The molecule has 0 saturated carbocycles. The van der Waals surface area contributed by atoms with Crippen molar-refractivity contribution in [2.45, 2.75) is 6.92 Å². The number of aliphatic carboxylic acids is 1. The van der Waals surface area contributed by atoms with Crippen molar-refractivity contribution in [3.8, 4) is 0 Å². The third-order valence-corrected chi connectivity index (χ3v) is 0.609. The molecule has 0 aromatic carbocycles. The van der Waals surface area contributed by atoms with Gasteiger partial charge in [0.2, 0.25) is 0 Å². The summed E-state index contributed by atoms with van der Waals surface area (Å²) in [7, 11) is 0. The molecular weight excluding hydrogens is 120 g/mol. The predicted octanol–water partition coefficient (Wildman–Crippen LogP) is 1.09. The number of aliphatic hydroxyl groups is 1. The minimum absolute atomic E-state index is 0.245. The first-order valence-corrected chi connectivity index (χ1v) is 2.43. The summed E-state index contributed by atoms with van der Waals surface area (Å²) in [5.74, 6) is -1.39. The SMILES string of the molecule is CC=CC(O)=CC(=O)O. The minimum Gasteiger partial charge on any atom is -0.508 e. The molecule has 0 radical (unpaired) electrons. The fourth-order valence-electron chi connectivity index (χ4n) is 0.345. The van der Waals surface area contributed by atoms with Crippen LogP contribution in [0.5, 0.6) is 0 Å². The maximum absolute atomic E-state index is 9.81. The van der Waals surface area contributed by atoms with Gasteiger partial charge in [-0.2, -0.15) is 0 Å². The molecule has 2 N–H and O–H groups in total.